The Balaban J connectivity index is 2.34. The number of aromatic nitrogens is 2. The molecule has 3 rings (SSSR count). The van der Waals surface area contributed by atoms with Crippen LogP contribution in [0.15, 0.2) is 24.3 Å². The predicted octanol–water partition coefficient (Wildman–Crippen LogP) is 1.12. The van der Waals surface area contributed by atoms with Crippen molar-refractivity contribution in [2.75, 3.05) is 13.6 Å². The van der Waals surface area contributed by atoms with Gasteiger partial charge in [0.15, 0.2) is 0 Å². The van der Waals surface area contributed by atoms with Crippen molar-refractivity contribution in [3.05, 3.63) is 30.0 Å². The molecule has 15 heavy (non-hydrogen) atoms. The van der Waals surface area contributed by atoms with Crippen LogP contribution in [0.4, 0.5) is 0 Å². The Kier molecular flexibility index (Phi) is 1.59. The fraction of sp³-hybridized carbons (Fsp3) is 0.273. The average Bonchev–Trinajstić information content (AvgIpc) is 2.62. The van der Waals surface area contributed by atoms with Crippen LogP contribution in [0.3, 0.4) is 0 Å². The summed E-state index contributed by atoms with van der Waals surface area (Å²) in [5.74, 6) is 0.0648. The summed E-state index contributed by atoms with van der Waals surface area (Å²) in [7, 11) is 1.83. The Morgan fingerprint density at radius 3 is 2.93 bits per heavy atom. The van der Waals surface area contributed by atoms with E-state index in [1.807, 2.05) is 36.0 Å². The average molecular weight is 201 g/mol. The van der Waals surface area contributed by atoms with Crippen LogP contribution in [0.25, 0.3) is 10.9 Å². The van der Waals surface area contributed by atoms with E-state index in [2.05, 4.69) is 5.10 Å². The molecule has 2 heterocycles. The molecule has 1 aromatic heterocycles. The first-order chi connectivity index (χ1) is 7.27. The third kappa shape index (κ3) is 1.08. The number of carbonyl (C=O) groups excluding carboxylic acids is 1. The minimum Gasteiger partial charge on any atom is -0.339 e. The maximum atomic E-state index is 12.0. The van der Waals surface area contributed by atoms with E-state index >= 15 is 0 Å². The second-order valence-electron chi connectivity index (χ2n) is 3.82. The number of benzene rings is 1. The molecule has 4 nitrogen and oxygen atoms in total. The summed E-state index contributed by atoms with van der Waals surface area (Å²) in [6.45, 7) is 1.52. The van der Waals surface area contributed by atoms with Crippen LogP contribution in [0.2, 0.25) is 0 Å². The molecular formula is C11H11N3O. The summed E-state index contributed by atoms with van der Waals surface area (Å²) in [6, 6.07) is 7.77. The fourth-order valence-corrected chi connectivity index (χ4v) is 1.99. The van der Waals surface area contributed by atoms with Gasteiger partial charge in [0.05, 0.1) is 12.1 Å². The minimum absolute atomic E-state index is 0.0648. The van der Waals surface area contributed by atoms with Gasteiger partial charge in [-0.15, -0.1) is 0 Å². The summed E-state index contributed by atoms with van der Waals surface area (Å²) in [6.07, 6.45) is 0. The molecule has 76 valence electrons. The molecule has 1 amide bonds. The number of amides is 1. The number of hydrogen-bond donors (Lipinski definition) is 0. The summed E-state index contributed by atoms with van der Waals surface area (Å²) >= 11 is 0. The lowest BCUT2D eigenvalue weighted by Gasteiger charge is -2.23. The van der Waals surface area contributed by atoms with Gasteiger partial charge in [0, 0.05) is 19.0 Å². The Hall–Kier alpha value is -1.84. The van der Waals surface area contributed by atoms with Crippen LogP contribution in [-0.2, 0) is 6.54 Å². The Bertz CT molecular complexity index is 544. The minimum atomic E-state index is 0.0648. The predicted molar refractivity (Wildman–Crippen MR) is 56.7 cm³/mol. The Labute approximate surface area is 87.1 Å². The number of rotatable bonds is 0. The van der Waals surface area contributed by atoms with Crippen LogP contribution in [0.5, 0.6) is 0 Å². The highest BCUT2D eigenvalue weighted by Crippen LogP contribution is 2.21. The molecule has 0 unspecified atom stereocenters. The SMILES string of the molecule is CN1CCn2nc3ccccc3c2C1=O. The lowest BCUT2D eigenvalue weighted by Crippen LogP contribution is -2.37. The van der Waals surface area contributed by atoms with E-state index in [0.29, 0.717) is 0 Å². The molecule has 0 bridgehead atoms. The maximum absolute atomic E-state index is 12.0. The van der Waals surface area contributed by atoms with E-state index < -0.39 is 0 Å². The zero-order chi connectivity index (χ0) is 10.4. The van der Waals surface area contributed by atoms with Gasteiger partial charge in [-0.2, -0.15) is 5.10 Å². The van der Waals surface area contributed by atoms with Crippen molar-refractivity contribution in [2.45, 2.75) is 6.54 Å². The monoisotopic (exact) mass is 201 g/mol. The van der Waals surface area contributed by atoms with E-state index in [1.165, 1.54) is 0 Å². The zero-order valence-corrected chi connectivity index (χ0v) is 8.47. The van der Waals surface area contributed by atoms with Crippen LogP contribution < -0.4 is 0 Å². The first-order valence-corrected chi connectivity index (χ1v) is 4.98. The van der Waals surface area contributed by atoms with Gasteiger partial charge in [-0.3, -0.25) is 9.48 Å². The normalized spacial score (nSPS) is 15.8. The second kappa shape index (κ2) is 2.82. The van der Waals surface area contributed by atoms with Crippen molar-refractivity contribution < 1.29 is 4.79 Å². The van der Waals surface area contributed by atoms with Gasteiger partial charge >= 0.3 is 0 Å². The molecular weight excluding hydrogens is 190 g/mol. The van der Waals surface area contributed by atoms with Crippen LogP contribution >= 0.6 is 0 Å². The third-order valence-electron chi connectivity index (χ3n) is 2.84. The van der Waals surface area contributed by atoms with Gasteiger partial charge in [0.1, 0.15) is 5.69 Å². The van der Waals surface area contributed by atoms with Crippen molar-refractivity contribution >= 4 is 16.8 Å². The maximum Gasteiger partial charge on any atom is 0.272 e. The number of carbonyl (C=O) groups is 1. The molecule has 0 fully saturated rings. The molecule has 0 aliphatic carbocycles. The Morgan fingerprint density at radius 1 is 1.27 bits per heavy atom. The molecule has 0 radical (unpaired) electrons. The molecule has 0 saturated carbocycles. The summed E-state index contributed by atoms with van der Waals surface area (Å²) in [5.41, 5.74) is 1.62. The van der Waals surface area contributed by atoms with Crippen molar-refractivity contribution in [3.8, 4) is 0 Å². The lowest BCUT2D eigenvalue weighted by molar-refractivity contribution is 0.0745. The molecule has 1 aromatic carbocycles. The molecule has 4 heteroatoms. The molecule has 0 spiro atoms. The van der Waals surface area contributed by atoms with Gasteiger partial charge in [-0.25, -0.2) is 0 Å². The quantitative estimate of drug-likeness (QED) is 0.640. The van der Waals surface area contributed by atoms with E-state index in [1.54, 1.807) is 4.90 Å². The molecule has 0 saturated heterocycles. The highest BCUT2D eigenvalue weighted by molar-refractivity contribution is 6.05. The van der Waals surface area contributed by atoms with Gasteiger partial charge < -0.3 is 4.90 Å². The standard InChI is InChI=1S/C11H11N3O/c1-13-6-7-14-10(11(13)15)8-4-2-3-5-9(8)12-14/h2-5H,6-7H2,1H3. The highest BCUT2D eigenvalue weighted by Gasteiger charge is 2.25. The van der Waals surface area contributed by atoms with Gasteiger partial charge in [0.2, 0.25) is 0 Å². The largest absolute Gasteiger partial charge is 0.339 e. The molecule has 0 N–H and O–H groups in total. The van der Waals surface area contributed by atoms with Crippen molar-refractivity contribution in [2.24, 2.45) is 0 Å². The first kappa shape index (κ1) is 8.47. The van der Waals surface area contributed by atoms with Gasteiger partial charge in [-0.05, 0) is 6.07 Å². The molecule has 0 atom stereocenters. The van der Waals surface area contributed by atoms with Crippen LogP contribution in [-0.4, -0.2) is 34.2 Å². The smallest absolute Gasteiger partial charge is 0.272 e. The van der Waals surface area contributed by atoms with E-state index in [0.717, 1.165) is 29.7 Å². The summed E-state index contributed by atoms with van der Waals surface area (Å²) < 4.78 is 1.81. The first-order valence-electron chi connectivity index (χ1n) is 4.98. The zero-order valence-electron chi connectivity index (χ0n) is 8.47. The summed E-state index contributed by atoms with van der Waals surface area (Å²) in [5, 5.41) is 5.36. The van der Waals surface area contributed by atoms with Crippen molar-refractivity contribution in [1.82, 2.24) is 14.7 Å². The second-order valence-corrected chi connectivity index (χ2v) is 3.82. The van der Waals surface area contributed by atoms with Gasteiger partial charge in [0.25, 0.3) is 5.91 Å². The van der Waals surface area contributed by atoms with Crippen molar-refractivity contribution in [3.63, 3.8) is 0 Å². The number of hydrogen-bond acceptors (Lipinski definition) is 2. The molecule has 1 aliphatic rings. The van der Waals surface area contributed by atoms with Crippen molar-refractivity contribution in [1.29, 1.82) is 0 Å². The fourth-order valence-electron chi connectivity index (χ4n) is 1.99. The summed E-state index contributed by atoms with van der Waals surface area (Å²) in [4.78, 5) is 13.7. The Morgan fingerprint density at radius 2 is 2.07 bits per heavy atom. The third-order valence-corrected chi connectivity index (χ3v) is 2.84. The van der Waals surface area contributed by atoms with E-state index in [9.17, 15) is 4.79 Å². The van der Waals surface area contributed by atoms with Crippen LogP contribution in [0, 0.1) is 0 Å². The number of likely N-dealkylation sites (N-methyl/N-ethyl adjacent to an activating group) is 1. The number of fused-ring (bicyclic) bond motifs is 3. The van der Waals surface area contributed by atoms with E-state index in [4.69, 9.17) is 0 Å². The van der Waals surface area contributed by atoms with E-state index in [-0.39, 0.29) is 5.91 Å². The van der Waals surface area contributed by atoms with Gasteiger partial charge in [-0.1, -0.05) is 18.2 Å². The lowest BCUT2D eigenvalue weighted by atomic mass is 10.2. The molecule has 1 aliphatic heterocycles. The highest BCUT2D eigenvalue weighted by atomic mass is 16.2. The van der Waals surface area contributed by atoms with Crippen LogP contribution in [0.1, 0.15) is 10.5 Å². The molecule has 2 aromatic rings. The number of nitrogens with zero attached hydrogens (tertiary/aromatic N) is 3. The topological polar surface area (TPSA) is 38.1 Å².